The molecule has 0 radical (unpaired) electrons. The molecule has 0 aromatic heterocycles. The largest absolute Gasteiger partial charge is 0.507 e. The highest BCUT2D eigenvalue weighted by molar-refractivity contribution is 6.13. The van der Waals surface area contributed by atoms with Gasteiger partial charge in [-0.15, -0.1) is 0 Å². The zero-order chi connectivity index (χ0) is 33.1. The lowest BCUT2D eigenvalue weighted by Crippen LogP contribution is -2.16. The lowest BCUT2D eigenvalue weighted by atomic mass is 9.95. The topological polar surface area (TPSA) is 118 Å². The van der Waals surface area contributed by atoms with Crippen molar-refractivity contribution in [2.45, 2.75) is 90.9 Å². The van der Waals surface area contributed by atoms with Crippen molar-refractivity contribution in [3.63, 3.8) is 0 Å². The van der Waals surface area contributed by atoms with Gasteiger partial charge in [0.05, 0.1) is 29.0 Å². The van der Waals surface area contributed by atoms with Crippen molar-refractivity contribution in [2.75, 3.05) is 6.61 Å². The summed E-state index contributed by atoms with van der Waals surface area (Å²) in [4.78, 5) is 22.3. The molecule has 7 heteroatoms. The number of esters is 1. The molecule has 0 amide bonds. The number of nitrogens with zero attached hydrogens (tertiary/aromatic N) is 2. The number of aliphatic imine (C=N–C) groups is 2. The Kier molecular flexibility index (Phi) is 15.6. The molecule has 0 spiro atoms. The number of hydrogen-bond acceptors (Lipinski definition) is 5. The predicted molar refractivity (Wildman–Crippen MR) is 189 cm³/mol. The van der Waals surface area contributed by atoms with Gasteiger partial charge in [0.25, 0.3) is 0 Å². The molecule has 0 aliphatic rings. The summed E-state index contributed by atoms with van der Waals surface area (Å²) in [6.45, 7) is 8.99. The second-order valence-electron chi connectivity index (χ2n) is 11.9. The maximum absolute atomic E-state index is 13.2. The zero-order valence-electron chi connectivity index (χ0n) is 27.6. The van der Waals surface area contributed by atoms with E-state index in [0.29, 0.717) is 40.5 Å². The van der Waals surface area contributed by atoms with Crippen LogP contribution in [0.3, 0.4) is 0 Å². The van der Waals surface area contributed by atoms with Crippen LogP contribution in [0.5, 0.6) is 11.5 Å². The second-order valence-corrected chi connectivity index (χ2v) is 11.9. The Balaban J connectivity index is 1.75. The molecule has 3 aromatic carbocycles. The van der Waals surface area contributed by atoms with Gasteiger partial charge in [0.15, 0.2) is 5.84 Å². The van der Waals surface area contributed by atoms with Crippen LogP contribution in [0, 0.1) is 5.92 Å². The van der Waals surface area contributed by atoms with E-state index in [1.807, 2.05) is 0 Å². The Bertz CT molecular complexity index is 1460. The molecule has 246 valence electrons. The molecule has 0 bridgehead atoms. The Hall–Kier alpha value is -4.39. The monoisotopic (exact) mass is 625 g/mol. The number of benzene rings is 3. The maximum atomic E-state index is 13.2. The summed E-state index contributed by atoms with van der Waals surface area (Å²) in [7, 11) is 0. The van der Waals surface area contributed by atoms with E-state index >= 15 is 0 Å². The number of carbonyl (C=O) groups excluding carboxylic acids is 1. The normalized spacial score (nSPS) is 12.6. The smallest absolute Gasteiger partial charge is 0.338 e. The van der Waals surface area contributed by atoms with Crippen LogP contribution in [0.4, 0.5) is 0 Å². The first-order valence-electron chi connectivity index (χ1n) is 16.8. The first kappa shape index (κ1) is 36.1. The SMILES string of the molecule is C=C(/N=C(\N=C(/N)c1ccccc1O)c1ccccc1O)c1cccc(C(=O)OCC(CCCCCC)CCCCCCCC)c1. The van der Waals surface area contributed by atoms with Gasteiger partial charge >= 0.3 is 5.97 Å². The van der Waals surface area contributed by atoms with Gasteiger partial charge in [-0.3, -0.25) is 0 Å². The highest BCUT2D eigenvalue weighted by atomic mass is 16.5. The molecular weight excluding hydrogens is 574 g/mol. The minimum Gasteiger partial charge on any atom is -0.507 e. The van der Waals surface area contributed by atoms with Crippen molar-refractivity contribution in [1.29, 1.82) is 0 Å². The van der Waals surface area contributed by atoms with Gasteiger partial charge < -0.3 is 20.7 Å². The molecule has 3 rings (SSSR count). The van der Waals surface area contributed by atoms with Gasteiger partial charge in [0, 0.05) is 5.56 Å². The minimum atomic E-state index is -0.372. The molecule has 0 fully saturated rings. The first-order chi connectivity index (χ1) is 22.3. The molecular formula is C39H51N3O4. The maximum Gasteiger partial charge on any atom is 0.338 e. The fourth-order valence-corrected chi connectivity index (χ4v) is 5.35. The molecule has 0 aliphatic carbocycles. The number of hydrogen-bond donors (Lipinski definition) is 3. The number of carbonyl (C=O) groups is 1. The van der Waals surface area contributed by atoms with Crippen molar-refractivity contribution >= 4 is 23.3 Å². The van der Waals surface area contributed by atoms with Crippen molar-refractivity contribution < 1.29 is 19.7 Å². The van der Waals surface area contributed by atoms with Gasteiger partial charge in [-0.25, -0.2) is 14.8 Å². The molecule has 1 atom stereocenters. The van der Waals surface area contributed by atoms with Crippen LogP contribution in [0.1, 0.15) is 118 Å². The number of phenols is 2. The Morgan fingerprint density at radius 1 is 0.739 bits per heavy atom. The molecule has 7 nitrogen and oxygen atoms in total. The van der Waals surface area contributed by atoms with Crippen molar-refractivity contribution in [2.24, 2.45) is 21.6 Å². The number of phenolic OH excluding ortho intramolecular Hbond substituents is 2. The van der Waals surface area contributed by atoms with E-state index in [9.17, 15) is 15.0 Å². The Morgan fingerprint density at radius 2 is 1.28 bits per heavy atom. The fourth-order valence-electron chi connectivity index (χ4n) is 5.35. The third-order valence-electron chi connectivity index (χ3n) is 8.11. The number of rotatable bonds is 19. The van der Waals surface area contributed by atoms with E-state index in [2.05, 4.69) is 30.4 Å². The van der Waals surface area contributed by atoms with Crippen LogP contribution in [-0.4, -0.2) is 34.5 Å². The van der Waals surface area contributed by atoms with Crippen molar-refractivity contribution in [3.8, 4) is 11.5 Å². The first-order valence-corrected chi connectivity index (χ1v) is 16.8. The van der Waals surface area contributed by atoms with Gasteiger partial charge in [0.1, 0.15) is 17.3 Å². The van der Waals surface area contributed by atoms with Crippen LogP contribution in [0.2, 0.25) is 0 Å². The van der Waals surface area contributed by atoms with E-state index in [1.54, 1.807) is 60.7 Å². The number of aromatic hydroxyl groups is 2. The third-order valence-corrected chi connectivity index (χ3v) is 8.11. The molecule has 4 N–H and O–H groups in total. The van der Waals surface area contributed by atoms with Gasteiger partial charge in [0.2, 0.25) is 0 Å². The van der Waals surface area contributed by atoms with Crippen LogP contribution < -0.4 is 5.73 Å². The van der Waals surface area contributed by atoms with Crippen LogP contribution in [0.25, 0.3) is 5.70 Å². The van der Waals surface area contributed by atoms with Gasteiger partial charge in [-0.05, 0) is 55.2 Å². The quantitative estimate of drug-likeness (QED) is 0.0531. The summed E-state index contributed by atoms with van der Waals surface area (Å²) in [5, 5.41) is 20.8. The van der Waals surface area contributed by atoms with Crippen molar-refractivity contribution in [1.82, 2.24) is 0 Å². The lowest BCUT2D eigenvalue weighted by Gasteiger charge is -2.17. The molecule has 0 saturated carbocycles. The number of para-hydroxylation sites is 2. The zero-order valence-corrected chi connectivity index (χ0v) is 27.6. The van der Waals surface area contributed by atoms with E-state index in [4.69, 9.17) is 10.5 Å². The summed E-state index contributed by atoms with van der Waals surface area (Å²) in [5.41, 5.74) is 8.27. The molecule has 0 saturated heterocycles. The summed E-state index contributed by atoms with van der Waals surface area (Å²) in [5.74, 6) is 0.0602. The molecule has 1 unspecified atom stereocenters. The summed E-state index contributed by atoms with van der Waals surface area (Å²) < 4.78 is 5.86. The average Bonchev–Trinajstić information content (AvgIpc) is 3.06. The van der Waals surface area contributed by atoms with Crippen molar-refractivity contribution in [3.05, 3.63) is 102 Å². The van der Waals surface area contributed by atoms with Gasteiger partial charge in [-0.1, -0.05) is 121 Å². The predicted octanol–water partition coefficient (Wildman–Crippen LogP) is 9.41. The molecule has 0 aliphatic heterocycles. The van der Waals surface area contributed by atoms with Crippen LogP contribution in [0.15, 0.2) is 89.4 Å². The fraction of sp³-hybridized carbons (Fsp3) is 0.410. The number of nitrogens with two attached hydrogens (primary N) is 1. The van der Waals surface area contributed by atoms with E-state index < -0.39 is 0 Å². The van der Waals surface area contributed by atoms with E-state index in [-0.39, 0.29) is 29.1 Å². The standard InChI is InChI=1S/C39H51N3O4/c1-4-6-8-10-11-13-20-30(19-12-9-7-5-2)28-46-39(45)32-22-18-21-31(27-32)29(3)41-38(34-24-15-17-26-36(34)44)42-37(40)33-23-14-16-25-35(33)43/h14-18,21-27,30,43-44H,3-13,19-20,28H2,1-2H3,(H2,40,41,42). The Labute approximate surface area is 275 Å². The summed E-state index contributed by atoms with van der Waals surface area (Å²) in [6, 6.07) is 20.2. The highest BCUT2D eigenvalue weighted by Crippen LogP contribution is 2.24. The van der Waals surface area contributed by atoms with E-state index in [1.165, 1.54) is 69.9 Å². The Morgan fingerprint density at radius 3 is 1.91 bits per heavy atom. The van der Waals surface area contributed by atoms with E-state index in [0.717, 1.165) is 19.3 Å². The average molecular weight is 626 g/mol. The minimum absolute atomic E-state index is 0.0236. The number of ether oxygens (including phenoxy) is 1. The molecule has 46 heavy (non-hydrogen) atoms. The number of amidine groups is 2. The highest BCUT2D eigenvalue weighted by Gasteiger charge is 2.16. The summed E-state index contributed by atoms with van der Waals surface area (Å²) in [6.07, 6.45) is 14.5. The lowest BCUT2D eigenvalue weighted by molar-refractivity contribution is 0.0422. The molecule has 0 heterocycles. The van der Waals surface area contributed by atoms with Crippen LogP contribution >= 0.6 is 0 Å². The third kappa shape index (κ3) is 11.8. The molecule has 3 aromatic rings. The van der Waals surface area contributed by atoms with Gasteiger partial charge in [-0.2, -0.15) is 0 Å². The second kappa shape index (κ2) is 19.9. The van der Waals surface area contributed by atoms with Crippen LogP contribution in [-0.2, 0) is 4.74 Å². The number of unbranched alkanes of at least 4 members (excludes halogenated alkanes) is 8. The summed E-state index contributed by atoms with van der Waals surface area (Å²) >= 11 is 0.